The second-order valence-electron chi connectivity index (χ2n) is 8.67. The average Bonchev–Trinajstić information content (AvgIpc) is 3.15. The molecule has 8 heteroatoms. The Bertz CT molecular complexity index is 659. The molecule has 3 heterocycles. The van der Waals surface area contributed by atoms with Gasteiger partial charge in [-0.25, -0.2) is 9.67 Å². The van der Waals surface area contributed by atoms with E-state index < -0.39 is 0 Å². The Balaban J connectivity index is 1.57. The molecule has 27 heavy (non-hydrogen) atoms. The standard InChI is InChI=1S/C19H34N6O2/c1-11(2)16-8-24-7-14(6-15(24)10-27-16)22-17(26)9-25-19(18(20)12(3)4)21-13(5)23-25/h11-12,14-16,18H,6-10,20H2,1-5H3,(H,22,26)/t14-,15-,16-,18-/m0/s1. The molecule has 152 valence electrons. The summed E-state index contributed by atoms with van der Waals surface area (Å²) in [6.45, 7) is 13.0. The van der Waals surface area contributed by atoms with Crippen molar-refractivity contribution in [1.82, 2.24) is 25.0 Å². The maximum absolute atomic E-state index is 12.6. The van der Waals surface area contributed by atoms with Crippen LogP contribution in [-0.2, 0) is 16.1 Å². The van der Waals surface area contributed by atoms with Crippen molar-refractivity contribution in [2.45, 2.75) is 71.8 Å². The van der Waals surface area contributed by atoms with Crippen LogP contribution in [0.4, 0.5) is 0 Å². The highest BCUT2D eigenvalue weighted by atomic mass is 16.5. The Morgan fingerprint density at radius 1 is 1.33 bits per heavy atom. The Labute approximate surface area is 161 Å². The molecule has 1 amide bonds. The zero-order chi connectivity index (χ0) is 19.7. The van der Waals surface area contributed by atoms with E-state index in [0.717, 1.165) is 26.1 Å². The number of amides is 1. The van der Waals surface area contributed by atoms with E-state index >= 15 is 0 Å². The predicted molar refractivity (Wildman–Crippen MR) is 103 cm³/mol. The van der Waals surface area contributed by atoms with Crippen molar-refractivity contribution in [3.63, 3.8) is 0 Å². The topological polar surface area (TPSA) is 98.3 Å². The number of nitrogens with two attached hydrogens (primary N) is 1. The predicted octanol–water partition coefficient (Wildman–Crippen LogP) is 0.856. The normalized spacial score (nSPS) is 27.2. The minimum atomic E-state index is -0.232. The third kappa shape index (κ3) is 4.67. The van der Waals surface area contributed by atoms with Gasteiger partial charge in [-0.05, 0) is 25.2 Å². The smallest absolute Gasteiger partial charge is 0.242 e. The number of carbonyl (C=O) groups excluding carboxylic acids is 1. The summed E-state index contributed by atoms with van der Waals surface area (Å²) in [7, 11) is 0. The number of rotatable bonds is 6. The number of hydrogen-bond acceptors (Lipinski definition) is 6. The molecule has 0 saturated carbocycles. The number of hydrogen-bond donors (Lipinski definition) is 2. The fourth-order valence-electron chi connectivity index (χ4n) is 3.95. The van der Waals surface area contributed by atoms with E-state index in [9.17, 15) is 4.79 Å². The molecule has 4 atom stereocenters. The second kappa shape index (κ2) is 8.24. The maximum atomic E-state index is 12.6. The van der Waals surface area contributed by atoms with Crippen LogP contribution in [0.3, 0.4) is 0 Å². The molecule has 2 aliphatic rings. The van der Waals surface area contributed by atoms with Crippen LogP contribution in [0.1, 0.15) is 51.8 Å². The van der Waals surface area contributed by atoms with Crippen molar-refractivity contribution in [2.24, 2.45) is 17.6 Å². The summed E-state index contributed by atoms with van der Waals surface area (Å²) in [5, 5.41) is 7.53. The molecular weight excluding hydrogens is 344 g/mol. The van der Waals surface area contributed by atoms with Crippen LogP contribution in [0.25, 0.3) is 0 Å². The van der Waals surface area contributed by atoms with Crippen molar-refractivity contribution in [3.05, 3.63) is 11.6 Å². The van der Waals surface area contributed by atoms with Crippen molar-refractivity contribution in [3.8, 4) is 0 Å². The molecule has 0 radical (unpaired) electrons. The average molecular weight is 379 g/mol. The minimum absolute atomic E-state index is 0.0386. The van der Waals surface area contributed by atoms with E-state index in [1.165, 1.54) is 0 Å². The highest BCUT2D eigenvalue weighted by molar-refractivity contribution is 5.76. The van der Waals surface area contributed by atoms with Crippen LogP contribution in [0.5, 0.6) is 0 Å². The SMILES string of the molecule is Cc1nc([C@@H](N)C(C)C)n(CC(=O)N[C@H]2C[C@H]3CO[C@H](C(C)C)CN3C2)n1. The Kier molecular flexibility index (Phi) is 6.18. The van der Waals surface area contributed by atoms with Crippen molar-refractivity contribution in [2.75, 3.05) is 19.7 Å². The molecule has 3 N–H and O–H groups in total. The lowest BCUT2D eigenvalue weighted by Crippen LogP contribution is -2.48. The second-order valence-corrected chi connectivity index (χ2v) is 8.67. The van der Waals surface area contributed by atoms with Gasteiger partial charge in [0.25, 0.3) is 0 Å². The summed E-state index contributed by atoms with van der Waals surface area (Å²) in [5.41, 5.74) is 6.23. The monoisotopic (exact) mass is 378 g/mol. The summed E-state index contributed by atoms with van der Waals surface area (Å²) in [6.07, 6.45) is 1.22. The van der Waals surface area contributed by atoms with E-state index in [1.807, 2.05) is 20.8 Å². The molecule has 1 aromatic rings. The molecule has 8 nitrogen and oxygen atoms in total. The number of carbonyl (C=O) groups is 1. The van der Waals surface area contributed by atoms with Gasteiger partial charge in [0.1, 0.15) is 18.2 Å². The highest BCUT2D eigenvalue weighted by Crippen LogP contribution is 2.26. The fraction of sp³-hybridized carbons (Fsp3) is 0.842. The lowest BCUT2D eigenvalue weighted by atomic mass is 10.0. The van der Waals surface area contributed by atoms with E-state index in [4.69, 9.17) is 10.5 Å². The zero-order valence-corrected chi connectivity index (χ0v) is 17.2. The first kappa shape index (κ1) is 20.2. The third-order valence-electron chi connectivity index (χ3n) is 5.67. The van der Waals surface area contributed by atoms with Gasteiger partial charge >= 0.3 is 0 Å². The van der Waals surface area contributed by atoms with Crippen LogP contribution in [0.2, 0.25) is 0 Å². The highest BCUT2D eigenvalue weighted by Gasteiger charge is 2.38. The molecule has 2 aliphatic heterocycles. The van der Waals surface area contributed by atoms with Gasteiger partial charge in [-0.2, -0.15) is 5.10 Å². The minimum Gasteiger partial charge on any atom is -0.375 e. The zero-order valence-electron chi connectivity index (χ0n) is 17.2. The van der Waals surface area contributed by atoms with Gasteiger partial charge in [0, 0.05) is 25.2 Å². The molecule has 2 saturated heterocycles. The molecule has 0 spiro atoms. The first-order valence-corrected chi connectivity index (χ1v) is 10.1. The van der Waals surface area contributed by atoms with Gasteiger partial charge in [-0.15, -0.1) is 0 Å². The quantitative estimate of drug-likeness (QED) is 0.762. The molecule has 0 aromatic carbocycles. The van der Waals surface area contributed by atoms with Gasteiger partial charge in [0.2, 0.25) is 5.91 Å². The lowest BCUT2D eigenvalue weighted by molar-refractivity contribution is -0.122. The number of aromatic nitrogens is 3. The molecule has 1 aromatic heterocycles. The summed E-state index contributed by atoms with van der Waals surface area (Å²) < 4.78 is 7.63. The van der Waals surface area contributed by atoms with Crippen molar-refractivity contribution >= 4 is 5.91 Å². The van der Waals surface area contributed by atoms with E-state index in [-0.39, 0.29) is 36.6 Å². The Morgan fingerprint density at radius 3 is 2.74 bits per heavy atom. The van der Waals surface area contributed by atoms with Crippen LogP contribution in [0, 0.1) is 18.8 Å². The number of nitrogens with zero attached hydrogens (tertiary/aromatic N) is 4. The molecule has 0 unspecified atom stereocenters. The summed E-state index contributed by atoms with van der Waals surface area (Å²) in [6, 6.07) is 0.331. The van der Waals surface area contributed by atoms with Crippen molar-refractivity contribution in [1.29, 1.82) is 0 Å². The summed E-state index contributed by atoms with van der Waals surface area (Å²) in [5.74, 6) is 2.02. The lowest BCUT2D eigenvalue weighted by Gasteiger charge is -2.36. The summed E-state index contributed by atoms with van der Waals surface area (Å²) >= 11 is 0. The molecule has 0 bridgehead atoms. The number of fused-ring (bicyclic) bond motifs is 1. The van der Waals surface area contributed by atoms with E-state index in [1.54, 1.807) is 4.68 Å². The number of aryl methyl sites for hydroxylation is 1. The maximum Gasteiger partial charge on any atom is 0.242 e. The fourth-order valence-corrected chi connectivity index (χ4v) is 3.95. The van der Waals surface area contributed by atoms with Crippen LogP contribution in [0.15, 0.2) is 0 Å². The first-order chi connectivity index (χ1) is 12.7. The van der Waals surface area contributed by atoms with Gasteiger partial charge in [-0.1, -0.05) is 27.7 Å². The molecular formula is C19H34N6O2. The Hall–Kier alpha value is -1.51. The third-order valence-corrected chi connectivity index (χ3v) is 5.67. The van der Waals surface area contributed by atoms with Crippen molar-refractivity contribution < 1.29 is 9.53 Å². The first-order valence-electron chi connectivity index (χ1n) is 10.1. The van der Waals surface area contributed by atoms with Crippen LogP contribution in [-0.4, -0.2) is 63.5 Å². The van der Waals surface area contributed by atoms with Crippen LogP contribution >= 0.6 is 0 Å². The number of ether oxygens (including phenoxy) is 1. The summed E-state index contributed by atoms with van der Waals surface area (Å²) in [4.78, 5) is 19.5. The number of nitrogens with one attached hydrogen (secondary N) is 1. The van der Waals surface area contributed by atoms with Gasteiger partial charge in [-0.3, -0.25) is 9.69 Å². The van der Waals surface area contributed by atoms with E-state index in [0.29, 0.717) is 23.6 Å². The molecule has 3 rings (SSSR count). The largest absolute Gasteiger partial charge is 0.375 e. The van der Waals surface area contributed by atoms with Gasteiger partial charge in [0.15, 0.2) is 0 Å². The van der Waals surface area contributed by atoms with Gasteiger partial charge < -0.3 is 15.8 Å². The van der Waals surface area contributed by atoms with Gasteiger partial charge in [0.05, 0.1) is 18.8 Å². The molecule has 2 fully saturated rings. The van der Waals surface area contributed by atoms with E-state index in [2.05, 4.69) is 34.1 Å². The number of morpholine rings is 1. The molecule has 0 aliphatic carbocycles. The Morgan fingerprint density at radius 2 is 2.07 bits per heavy atom. The van der Waals surface area contributed by atoms with Crippen LogP contribution < -0.4 is 11.1 Å².